The van der Waals surface area contributed by atoms with Gasteiger partial charge in [0.2, 0.25) is 0 Å². The minimum Gasteiger partial charge on any atom is -0.369 e. The molecule has 0 bridgehead atoms. The predicted octanol–water partition coefficient (Wildman–Crippen LogP) is 4.05. The molecule has 0 unspecified atom stereocenters. The van der Waals surface area contributed by atoms with E-state index in [0.717, 1.165) is 18.8 Å². The molecule has 0 atom stereocenters. The van der Waals surface area contributed by atoms with Crippen LogP contribution in [0.2, 0.25) is 10.0 Å². The summed E-state index contributed by atoms with van der Waals surface area (Å²) in [6.07, 6.45) is 1.02. The van der Waals surface area contributed by atoms with Crippen molar-refractivity contribution in [3.8, 4) is 0 Å². The molecule has 3 nitrogen and oxygen atoms in total. The number of anilines is 2. The van der Waals surface area contributed by atoms with Crippen LogP contribution >= 0.6 is 23.2 Å². The van der Waals surface area contributed by atoms with E-state index in [1.165, 1.54) is 0 Å². The molecule has 0 aromatic carbocycles. The summed E-state index contributed by atoms with van der Waals surface area (Å²) in [5.74, 6) is 1.45. The van der Waals surface area contributed by atoms with Gasteiger partial charge in [0.05, 0.1) is 10.0 Å². The highest BCUT2D eigenvalue weighted by molar-refractivity contribution is 6.37. The largest absolute Gasteiger partial charge is 0.369 e. The minimum absolute atomic E-state index is 0.334. The molecule has 1 heterocycles. The molecule has 1 rings (SSSR count). The molecule has 1 aromatic heterocycles. The molecule has 96 valence electrons. The molecule has 0 radical (unpaired) electrons. The minimum atomic E-state index is 0.334. The van der Waals surface area contributed by atoms with E-state index in [2.05, 4.69) is 31.1 Å². The van der Waals surface area contributed by atoms with Gasteiger partial charge in [-0.15, -0.1) is 0 Å². The molecule has 0 spiro atoms. The van der Waals surface area contributed by atoms with E-state index in [1.807, 2.05) is 11.9 Å². The van der Waals surface area contributed by atoms with Crippen LogP contribution in [0.1, 0.15) is 27.2 Å². The van der Waals surface area contributed by atoms with Crippen LogP contribution in [-0.2, 0) is 0 Å². The lowest BCUT2D eigenvalue weighted by atomic mass is 10.3. The van der Waals surface area contributed by atoms with Crippen LogP contribution in [0.5, 0.6) is 0 Å². The zero-order valence-electron chi connectivity index (χ0n) is 10.7. The Labute approximate surface area is 113 Å². The van der Waals surface area contributed by atoms with Crippen molar-refractivity contribution in [3.63, 3.8) is 0 Å². The normalized spacial score (nSPS) is 10.8. The summed E-state index contributed by atoms with van der Waals surface area (Å²) >= 11 is 12.3. The number of pyridine rings is 1. The first-order chi connectivity index (χ1) is 7.97. The summed E-state index contributed by atoms with van der Waals surface area (Å²) in [5, 5.41) is 4.33. The Bertz CT molecular complexity index is 380. The van der Waals surface area contributed by atoms with Gasteiger partial charge in [-0.1, -0.05) is 30.1 Å². The van der Waals surface area contributed by atoms with Crippen molar-refractivity contribution in [1.29, 1.82) is 0 Å². The number of rotatable bonds is 5. The second-order valence-corrected chi connectivity index (χ2v) is 5.07. The molecule has 0 aliphatic heterocycles. The van der Waals surface area contributed by atoms with E-state index < -0.39 is 0 Å². The van der Waals surface area contributed by atoms with Gasteiger partial charge in [-0.05, 0) is 26.3 Å². The van der Waals surface area contributed by atoms with E-state index in [4.69, 9.17) is 23.2 Å². The van der Waals surface area contributed by atoms with Gasteiger partial charge in [0.1, 0.15) is 11.6 Å². The molecule has 1 N–H and O–H groups in total. The SMILES string of the molecule is CCCNc1nc(N(C)C(C)C)c(Cl)cc1Cl. The molecule has 0 saturated heterocycles. The molecule has 5 heteroatoms. The van der Waals surface area contributed by atoms with Crippen molar-refractivity contribution in [3.05, 3.63) is 16.1 Å². The van der Waals surface area contributed by atoms with Gasteiger partial charge >= 0.3 is 0 Å². The maximum atomic E-state index is 6.16. The van der Waals surface area contributed by atoms with E-state index >= 15 is 0 Å². The van der Waals surface area contributed by atoms with Crippen LogP contribution in [0.15, 0.2) is 6.07 Å². The lowest BCUT2D eigenvalue weighted by Gasteiger charge is -2.24. The van der Waals surface area contributed by atoms with Gasteiger partial charge in [-0.3, -0.25) is 0 Å². The van der Waals surface area contributed by atoms with Crippen LogP contribution in [0.3, 0.4) is 0 Å². The van der Waals surface area contributed by atoms with E-state index in [9.17, 15) is 0 Å². The highest BCUT2D eigenvalue weighted by Gasteiger charge is 2.14. The number of nitrogens with one attached hydrogen (secondary N) is 1. The molecular formula is C12H19Cl2N3. The molecule has 1 aromatic rings. The Morgan fingerprint density at radius 1 is 1.35 bits per heavy atom. The fraction of sp³-hybridized carbons (Fsp3) is 0.583. The highest BCUT2D eigenvalue weighted by Crippen LogP contribution is 2.31. The number of aromatic nitrogens is 1. The van der Waals surface area contributed by atoms with E-state index in [-0.39, 0.29) is 0 Å². The van der Waals surface area contributed by atoms with Crippen LogP contribution in [0.25, 0.3) is 0 Å². The summed E-state index contributed by atoms with van der Waals surface area (Å²) in [7, 11) is 1.97. The summed E-state index contributed by atoms with van der Waals surface area (Å²) in [6, 6.07) is 2.07. The third kappa shape index (κ3) is 3.65. The maximum Gasteiger partial charge on any atom is 0.149 e. The van der Waals surface area contributed by atoms with Crippen LogP contribution < -0.4 is 10.2 Å². The molecule has 0 aliphatic rings. The Morgan fingerprint density at radius 2 is 2.00 bits per heavy atom. The van der Waals surface area contributed by atoms with Gasteiger partial charge in [-0.2, -0.15) is 0 Å². The molecule has 0 aliphatic carbocycles. The summed E-state index contributed by atoms with van der Waals surface area (Å²) in [4.78, 5) is 6.51. The predicted molar refractivity (Wildman–Crippen MR) is 76.6 cm³/mol. The van der Waals surface area contributed by atoms with Crippen molar-refractivity contribution in [2.75, 3.05) is 23.8 Å². The lowest BCUT2D eigenvalue weighted by molar-refractivity contribution is 0.743. The third-order valence-corrected chi connectivity index (χ3v) is 3.13. The quantitative estimate of drug-likeness (QED) is 0.879. The Morgan fingerprint density at radius 3 is 2.53 bits per heavy atom. The molecule has 0 amide bonds. The fourth-order valence-electron chi connectivity index (χ4n) is 1.32. The third-order valence-electron chi connectivity index (χ3n) is 2.56. The van der Waals surface area contributed by atoms with Gasteiger partial charge in [0.25, 0.3) is 0 Å². The number of hydrogen-bond acceptors (Lipinski definition) is 3. The lowest BCUT2D eigenvalue weighted by Crippen LogP contribution is -2.27. The average molecular weight is 276 g/mol. The first-order valence-corrected chi connectivity index (χ1v) is 6.55. The zero-order chi connectivity index (χ0) is 13.0. The Hall–Kier alpha value is -0.670. The first kappa shape index (κ1) is 14.4. The van der Waals surface area contributed by atoms with Crippen LogP contribution in [-0.4, -0.2) is 24.6 Å². The molecule has 17 heavy (non-hydrogen) atoms. The molecule has 0 saturated carbocycles. The van der Waals surface area contributed by atoms with Crippen LogP contribution in [0, 0.1) is 0 Å². The monoisotopic (exact) mass is 275 g/mol. The Kier molecular flexibility index (Phi) is 5.34. The van der Waals surface area contributed by atoms with E-state index in [0.29, 0.717) is 21.9 Å². The molecule has 0 fully saturated rings. The zero-order valence-corrected chi connectivity index (χ0v) is 12.2. The smallest absolute Gasteiger partial charge is 0.149 e. The van der Waals surface area contributed by atoms with Gasteiger partial charge in [-0.25, -0.2) is 4.98 Å². The van der Waals surface area contributed by atoms with Gasteiger partial charge in [0.15, 0.2) is 0 Å². The molecular weight excluding hydrogens is 257 g/mol. The summed E-state index contributed by atoms with van der Waals surface area (Å²) in [5.41, 5.74) is 0. The number of halogens is 2. The second kappa shape index (κ2) is 6.31. The summed E-state index contributed by atoms with van der Waals surface area (Å²) < 4.78 is 0. The van der Waals surface area contributed by atoms with Crippen molar-refractivity contribution >= 4 is 34.8 Å². The van der Waals surface area contributed by atoms with Crippen molar-refractivity contribution in [2.24, 2.45) is 0 Å². The van der Waals surface area contributed by atoms with Gasteiger partial charge in [0, 0.05) is 19.6 Å². The van der Waals surface area contributed by atoms with Gasteiger partial charge < -0.3 is 10.2 Å². The maximum absolute atomic E-state index is 6.16. The van der Waals surface area contributed by atoms with Crippen LogP contribution in [0.4, 0.5) is 11.6 Å². The van der Waals surface area contributed by atoms with Crippen molar-refractivity contribution < 1.29 is 0 Å². The summed E-state index contributed by atoms with van der Waals surface area (Å²) in [6.45, 7) is 7.12. The average Bonchev–Trinajstić information content (AvgIpc) is 2.27. The Balaban J connectivity index is 3.05. The number of hydrogen-bond donors (Lipinski definition) is 1. The highest BCUT2D eigenvalue weighted by atomic mass is 35.5. The van der Waals surface area contributed by atoms with Crippen molar-refractivity contribution in [2.45, 2.75) is 33.2 Å². The topological polar surface area (TPSA) is 28.2 Å². The standard InChI is InChI=1S/C12H19Cl2N3/c1-5-6-15-11-9(13)7-10(14)12(16-11)17(4)8(2)3/h7-8H,5-6H2,1-4H3,(H,15,16). The van der Waals surface area contributed by atoms with Crippen molar-refractivity contribution in [1.82, 2.24) is 4.98 Å². The fourth-order valence-corrected chi connectivity index (χ4v) is 1.87. The second-order valence-electron chi connectivity index (χ2n) is 4.26. The van der Waals surface area contributed by atoms with E-state index in [1.54, 1.807) is 6.07 Å². The number of nitrogens with zero attached hydrogens (tertiary/aromatic N) is 2. The first-order valence-electron chi connectivity index (χ1n) is 5.80.